The zero-order chi connectivity index (χ0) is 10.6. The van der Waals surface area contributed by atoms with Crippen molar-refractivity contribution in [2.75, 3.05) is 0 Å². The normalized spacial score (nSPS) is 57.2. The first kappa shape index (κ1) is 10.5. The van der Waals surface area contributed by atoms with E-state index in [0.717, 1.165) is 23.7 Å². The van der Waals surface area contributed by atoms with E-state index in [2.05, 4.69) is 34.6 Å². The standard InChI is InChI=1S/C13H24O/c1-6(2)10-12-7(3)11(8(12)4)9(5)13(10)14/h6-14H,1-5H3/t7-,8?,9?,10?,11+,12-,13?/m1/s1. The minimum Gasteiger partial charge on any atom is -0.393 e. The fourth-order valence-electron chi connectivity index (χ4n) is 4.63. The molecule has 3 aliphatic rings. The Kier molecular flexibility index (Phi) is 2.42. The molecule has 3 aliphatic carbocycles. The van der Waals surface area contributed by atoms with E-state index >= 15 is 0 Å². The van der Waals surface area contributed by atoms with Crippen molar-refractivity contribution in [1.29, 1.82) is 0 Å². The van der Waals surface area contributed by atoms with Crippen molar-refractivity contribution in [3.63, 3.8) is 0 Å². The molecule has 1 heteroatoms. The number of aliphatic hydroxyl groups is 1. The van der Waals surface area contributed by atoms with Gasteiger partial charge in [0.1, 0.15) is 0 Å². The van der Waals surface area contributed by atoms with Crippen LogP contribution >= 0.6 is 0 Å². The highest BCUT2D eigenvalue weighted by Gasteiger charge is 2.59. The Morgan fingerprint density at radius 3 is 1.79 bits per heavy atom. The Morgan fingerprint density at radius 1 is 0.857 bits per heavy atom. The largest absolute Gasteiger partial charge is 0.393 e. The second-order valence-electron chi connectivity index (χ2n) is 6.04. The van der Waals surface area contributed by atoms with Gasteiger partial charge in [-0.1, -0.05) is 34.6 Å². The van der Waals surface area contributed by atoms with Crippen molar-refractivity contribution in [2.24, 2.45) is 41.4 Å². The maximum atomic E-state index is 10.2. The van der Waals surface area contributed by atoms with Crippen LogP contribution in [0.3, 0.4) is 0 Å². The van der Waals surface area contributed by atoms with Crippen LogP contribution in [0, 0.1) is 41.4 Å². The number of fused-ring (bicyclic) bond motifs is 2. The molecule has 3 saturated carbocycles. The number of hydrogen-bond acceptors (Lipinski definition) is 1. The SMILES string of the molecule is CC(C)C1C(O)C(C)[C@@H]2C(C)[C@H]1[C@@H]2C. The molecule has 0 aliphatic heterocycles. The van der Waals surface area contributed by atoms with Crippen LogP contribution in [0.15, 0.2) is 0 Å². The monoisotopic (exact) mass is 196 g/mol. The molecule has 7 atom stereocenters. The van der Waals surface area contributed by atoms with Crippen molar-refractivity contribution in [1.82, 2.24) is 0 Å². The van der Waals surface area contributed by atoms with E-state index in [1.807, 2.05) is 0 Å². The highest BCUT2D eigenvalue weighted by molar-refractivity contribution is 5.07. The Morgan fingerprint density at radius 2 is 1.36 bits per heavy atom. The molecule has 0 heterocycles. The molecule has 3 fully saturated rings. The number of aliphatic hydroxyl groups excluding tert-OH is 1. The summed E-state index contributed by atoms with van der Waals surface area (Å²) in [6, 6.07) is 0. The van der Waals surface area contributed by atoms with E-state index in [1.54, 1.807) is 0 Å². The molecule has 0 aromatic heterocycles. The lowest BCUT2D eigenvalue weighted by Gasteiger charge is -2.63. The van der Waals surface area contributed by atoms with Gasteiger partial charge in [0.2, 0.25) is 0 Å². The van der Waals surface area contributed by atoms with E-state index in [1.165, 1.54) is 0 Å². The summed E-state index contributed by atoms with van der Waals surface area (Å²) in [6.45, 7) is 11.5. The molecule has 2 bridgehead atoms. The zero-order valence-electron chi connectivity index (χ0n) is 10.1. The second kappa shape index (κ2) is 3.23. The average Bonchev–Trinajstić information content (AvgIpc) is 2.10. The Balaban J connectivity index is 2.24. The van der Waals surface area contributed by atoms with E-state index in [-0.39, 0.29) is 6.10 Å². The van der Waals surface area contributed by atoms with Crippen LogP contribution < -0.4 is 0 Å². The van der Waals surface area contributed by atoms with Gasteiger partial charge in [-0.25, -0.2) is 0 Å². The highest BCUT2D eigenvalue weighted by atomic mass is 16.3. The molecule has 0 amide bonds. The first-order chi connectivity index (χ1) is 6.46. The Hall–Kier alpha value is -0.0400. The van der Waals surface area contributed by atoms with Crippen LogP contribution in [0.25, 0.3) is 0 Å². The molecule has 1 nitrogen and oxygen atoms in total. The smallest absolute Gasteiger partial charge is 0.0602 e. The van der Waals surface area contributed by atoms with Gasteiger partial charge in [0, 0.05) is 0 Å². The third kappa shape index (κ3) is 1.11. The van der Waals surface area contributed by atoms with Gasteiger partial charge in [-0.05, 0) is 41.4 Å². The first-order valence-electron chi connectivity index (χ1n) is 6.14. The van der Waals surface area contributed by atoms with Gasteiger partial charge >= 0.3 is 0 Å². The molecule has 1 N–H and O–H groups in total. The first-order valence-corrected chi connectivity index (χ1v) is 6.14. The fraction of sp³-hybridized carbons (Fsp3) is 1.00. The van der Waals surface area contributed by atoms with Crippen LogP contribution in [0.2, 0.25) is 0 Å². The van der Waals surface area contributed by atoms with Crippen molar-refractivity contribution in [3.8, 4) is 0 Å². The molecule has 82 valence electrons. The lowest BCUT2D eigenvalue weighted by molar-refractivity contribution is -0.198. The van der Waals surface area contributed by atoms with Crippen LogP contribution in [-0.4, -0.2) is 11.2 Å². The van der Waals surface area contributed by atoms with Crippen LogP contribution in [0.4, 0.5) is 0 Å². The van der Waals surface area contributed by atoms with Gasteiger partial charge in [0.05, 0.1) is 6.10 Å². The van der Waals surface area contributed by atoms with E-state index in [4.69, 9.17) is 0 Å². The van der Waals surface area contributed by atoms with E-state index in [9.17, 15) is 5.11 Å². The van der Waals surface area contributed by atoms with Crippen LogP contribution in [0.1, 0.15) is 34.6 Å². The molecular weight excluding hydrogens is 172 g/mol. The van der Waals surface area contributed by atoms with Gasteiger partial charge in [0.15, 0.2) is 0 Å². The molecule has 3 rings (SSSR count). The Bertz CT molecular complexity index is 211. The maximum Gasteiger partial charge on any atom is 0.0602 e. The summed E-state index contributed by atoms with van der Waals surface area (Å²) < 4.78 is 0. The third-order valence-electron chi connectivity index (χ3n) is 5.18. The van der Waals surface area contributed by atoms with Crippen molar-refractivity contribution < 1.29 is 5.11 Å². The second-order valence-corrected chi connectivity index (χ2v) is 6.04. The maximum absolute atomic E-state index is 10.2. The fourth-order valence-corrected chi connectivity index (χ4v) is 4.63. The van der Waals surface area contributed by atoms with Gasteiger partial charge < -0.3 is 5.11 Å². The lowest BCUT2D eigenvalue weighted by atomic mass is 9.42. The molecule has 0 aromatic carbocycles. The topological polar surface area (TPSA) is 20.2 Å². The van der Waals surface area contributed by atoms with Crippen molar-refractivity contribution in [2.45, 2.75) is 40.7 Å². The summed E-state index contributed by atoms with van der Waals surface area (Å²) in [5.74, 6) is 4.93. The zero-order valence-corrected chi connectivity index (χ0v) is 10.1. The minimum atomic E-state index is -0.0441. The summed E-state index contributed by atoms with van der Waals surface area (Å²) in [6.07, 6.45) is -0.0441. The van der Waals surface area contributed by atoms with Gasteiger partial charge in [-0.15, -0.1) is 0 Å². The molecule has 4 unspecified atom stereocenters. The highest BCUT2D eigenvalue weighted by Crippen LogP contribution is 2.61. The summed E-state index contributed by atoms with van der Waals surface area (Å²) in [4.78, 5) is 0. The quantitative estimate of drug-likeness (QED) is 0.683. The molecule has 0 saturated heterocycles. The molecule has 0 aromatic rings. The van der Waals surface area contributed by atoms with Gasteiger partial charge in [-0.2, -0.15) is 0 Å². The predicted molar refractivity (Wildman–Crippen MR) is 58.8 cm³/mol. The third-order valence-corrected chi connectivity index (χ3v) is 5.18. The van der Waals surface area contributed by atoms with Crippen molar-refractivity contribution >= 4 is 0 Å². The summed E-state index contributed by atoms with van der Waals surface area (Å²) in [5.41, 5.74) is 0. The molecule has 0 radical (unpaired) electrons. The number of hydrogen-bond donors (Lipinski definition) is 1. The summed E-state index contributed by atoms with van der Waals surface area (Å²) >= 11 is 0. The molecule has 0 spiro atoms. The minimum absolute atomic E-state index is 0.0441. The molecule has 14 heavy (non-hydrogen) atoms. The van der Waals surface area contributed by atoms with Crippen LogP contribution in [-0.2, 0) is 0 Å². The Labute approximate surface area is 87.9 Å². The van der Waals surface area contributed by atoms with Gasteiger partial charge in [-0.3, -0.25) is 0 Å². The van der Waals surface area contributed by atoms with Gasteiger partial charge in [0.25, 0.3) is 0 Å². The predicted octanol–water partition coefficient (Wildman–Crippen LogP) is 2.79. The van der Waals surface area contributed by atoms with Crippen LogP contribution in [0.5, 0.6) is 0 Å². The van der Waals surface area contributed by atoms with E-state index < -0.39 is 0 Å². The summed E-state index contributed by atoms with van der Waals surface area (Å²) in [7, 11) is 0. The number of rotatable bonds is 1. The average molecular weight is 196 g/mol. The summed E-state index contributed by atoms with van der Waals surface area (Å²) in [5, 5.41) is 10.2. The van der Waals surface area contributed by atoms with Crippen molar-refractivity contribution in [3.05, 3.63) is 0 Å². The van der Waals surface area contributed by atoms with E-state index in [0.29, 0.717) is 17.8 Å². The molecular formula is C13H24O. The lowest BCUT2D eigenvalue weighted by Crippen LogP contribution is -2.62.